The fraction of sp³-hybridized carbons (Fsp3) is 0.375. The van der Waals surface area contributed by atoms with Crippen molar-refractivity contribution in [1.82, 2.24) is 25.2 Å². The number of rotatable bonds is 4. The van der Waals surface area contributed by atoms with Gasteiger partial charge in [-0.05, 0) is 24.0 Å². The van der Waals surface area contributed by atoms with Crippen LogP contribution in [0.3, 0.4) is 0 Å². The molecule has 1 unspecified atom stereocenters. The average Bonchev–Trinajstić information content (AvgIpc) is 3.29. The van der Waals surface area contributed by atoms with Gasteiger partial charge in [0.05, 0.1) is 17.4 Å². The molecule has 0 spiro atoms. The Balaban J connectivity index is 1.28. The summed E-state index contributed by atoms with van der Waals surface area (Å²) in [4.78, 5) is 17.7. The van der Waals surface area contributed by atoms with Crippen LogP contribution in [0.25, 0.3) is 0 Å². The molecule has 0 bridgehead atoms. The van der Waals surface area contributed by atoms with Crippen molar-refractivity contribution in [1.29, 1.82) is 0 Å². The highest BCUT2D eigenvalue weighted by molar-refractivity contribution is 5.79. The number of aryl methyl sites for hydroxylation is 1. The average molecular weight is 402 g/mol. The third-order valence-corrected chi connectivity index (χ3v) is 6.44. The molecule has 2 heterocycles. The van der Waals surface area contributed by atoms with Crippen LogP contribution >= 0.6 is 0 Å². The predicted molar refractivity (Wildman–Crippen MR) is 115 cm³/mol. The number of fused-ring (bicyclic) bond motifs is 1. The van der Waals surface area contributed by atoms with Gasteiger partial charge in [0.25, 0.3) is 0 Å². The lowest BCUT2D eigenvalue weighted by Gasteiger charge is -2.41. The number of hydrogen-bond acceptors (Lipinski definition) is 4. The van der Waals surface area contributed by atoms with Gasteiger partial charge < -0.3 is 4.90 Å². The van der Waals surface area contributed by atoms with Crippen LogP contribution in [-0.4, -0.2) is 57.3 Å². The number of aromatic nitrogens is 3. The molecule has 6 heteroatoms. The lowest BCUT2D eigenvalue weighted by Crippen LogP contribution is -2.51. The minimum absolute atomic E-state index is 0.0354. The highest BCUT2D eigenvalue weighted by Crippen LogP contribution is 2.30. The van der Waals surface area contributed by atoms with E-state index in [1.165, 1.54) is 11.1 Å². The monoisotopic (exact) mass is 401 g/mol. The van der Waals surface area contributed by atoms with Gasteiger partial charge in [0, 0.05) is 38.5 Å². The zero-order valence-corrected chi connectivity index (χ0v) is 17.1. The minimum Gasteiger partial charge on any atom is -0.340 e. The van der Waals surface area contributed by atoms with E-state index in [2.05, 4.69) is 85.9 Å². The molecule has 1 aromatic heterocycles. The maximum atomic E-state index is 13.2. The standard InChI is InChI=1S/C24H27N5O/c30-24(20-11-12-21-22(17-20)26-27-25-21)29-15-13-28(14-16-29)23(18-7-3-1-4-8-18)19-9-5-2-6-10-19/h1-10,20,23H,11-17H2,(H,25,26,27). The maximum absolute atomic E-state index is 13.2. The van der Waals surface area contributed by atoms with Gasteiger partial charge in [-0.15, -0.1) is 0 Å². The van der Waals surface area contributed by atoms with E-state index in [-0.39, 0.29) is 17.9 Å². The molecule has 30 heavy (non-hydrogen) atoms. The molecule has 2 aliphatic rings. The number of benzene rings is 2. The van der Waals surface area contributed by atoms with Gasteiger partial charge in [-0.25, -0.2) is 0 Å². The van der Waals surface area contributed by atoms with E-state index in [0.29, 0.717) is 6.42 Å². The Morgan fingerprint density at radius 1 is 0.867 bits per heavy atom. The van der Waals surface area contributed by atoms with Crippen molar-refractivity contribution in [3.8, 4) is 0 Å². The number of amides is 1. The van der Waals surface area contributed by atoms with Gasteiger partial charge >= 0.3 is 0 Å². The van der Waals surface area contributed by atoms with Crippen LogP contribution in [0.2, 0.25) is 0 Å². The second-order valence-electron chi connectivity index (χ2n) is 8.24. The lowest BCUT2D eigenvalue weighted by molar-refractivity contribution is -0.138. The third-order valence-electron chi connectivity index (χ3n) is 6.44. The van der Waals surface area contributed by atoms with Gasteiger partial charge in [0.2, 0.25) is 5.91 Å². The molecule has 154 valence electrons. The maximum Gasteiger partial charge on any atom is 0.226 e. The molecule has 0 radical (unpaired) electrons. The van der Waals surface area contributed by atoms with Gasteiger partial charge in [0.1, 0.15) is 0 Å². The Morgan fingerprint density at radius 3 is 2.10 bits per heavy atom. The second-order valence-corrected chi connectivity index (χ2v) is 8.24. The van der Waals surface area contributed by atoms with Crippen molar-refractivity contribution in [3.05, 3.63) is 83.2 Å². The van der Waals surface area contributed by atoms with Crippen molar-refractivity contribution in [3.63, 3.8) is 0 Å². The number of carbonyl (C=O) groups is 1. The zero-order valence-electron chi connectivity index (χ0n) is 17.1. The van der Waals surface area contributed by atoms with Crippen LogP contribution in [0.5, 0.6) is 0 Å². The van der Waals surface area contributed by atoms with E-state index in [1.807, 2.05) is 0 Å². The van der Waals surface area contributed by atoms with E-state index >= 15 is 0 Å². The Hall–Kier alpha value is -2.99. The number of aromatic amines is 1. The first kappa shape index (κ1) is 19.0. The van der Waals surface area contributed by atoms with E-state index in [9.17, 15) is 4.79 Å². The molecule has 6 nitrogen and oxygen atoms in total. The zero-order chi connectivity index (χ0) is 20.3. The van der Waals surface area contributed by atoms with Crippen molar-refractivity contribution in [2.24, 2.45) is 5.92 Å². The Labute approximate surface area is 176 Å². The fourth-order valence-corrected chi connectivity index (χ4v) is 4.84. The molecule has 2 aromatic carbocycles. The molecule has 1 N–H and O–H groups in total. The van der Waals surface area contributed by atoms with E-state index < -0.39 is 0 Å². The summed E-state index contributed by atoms with van der Waals surface area (Å²) >= 11 is 0. The predicted octanol–water partition coefficient (Wildman–Crippen LogP) is 2.84. The summed E-state index contributed by atoms with van der Waals surface area (Å²) in [5.41, 5.74) is 4.59. The first-order valence-corrected chi connectivity index (χ1v) is 10.8. The molecule has 5 rings (SSSR count). The van der Waals surface area contributed by atoms with Crippen molar-refractivity contribution in [2.45, 2.75) is 25.3 Å². The molecule has 1 saturated heterocycles. The van der Waals surface area contributed by atoms with E-state index in [4.69, 9.17) is 0 Å². The topological polar surface area (TPSA) is 65.1 Å². The number of piperazine rings is 1. The Bertz CT molecular complexity index is 940. The third kappa shape index (κ3) is 3.75. The molecule has 1 aliphatic heterocycles. The summed E-state index contributed by atoms with van der Waals surface area (Å²) < 4.78 is 0. The molecule has 1 atom stereocenters. The molecule has 1 amide bonds. The lowest BCUT2D eigenvalue weighted by atomic mass is 9.88. The normalized spacial score (nSPS) is 19.6. The molecule has 3 aromatic rings. The smallest absolute Gasteiger partial charge is 0.226 e. The summed E-state index contributed by atoms with van der Waals surface area (Å²) in [6, 6.07) is 21.6. The van der Waals surface area contributed by atoms with Crippen molar-refractivity contribution in [2.75, 3.05) is 26.2 Å². The van der Waals surface area contributed by atoms with Crippen LogP contribution in [0, 0.1) is 5.92 Å². The number of carbonyl (C=O) groups excluding carboxylic acids is 1. The summed E-state index contributed by atoms with van der Waals surface area (Å²) in [5.74, 6) is 0.312. The van der Waals surface area contributed by atoms with Crippen LogP contribution in [0.4, 0.5) is 0 Å². The highest BCUT2D eigenvalue weighted by atomic mass is 16.2. The largest absolute Gasteiger partial charge is 0.340 e. The SMILES string of the molecule is O=C(C1CCc2n[nH]nc2C1)N1CCN(C(c2ccccc2)c2ccccc2)CC1. The summed E-state index contributed by atoms with van der Waals surface area (Å²) in [7, 11) is 0. The van der Waals surface area contributed by atoms with Gasteiger partial charge in [-0.2, -0.15) is 15.4 Å². The second kappa shape index (κ2) is 8.40. The van der Waals surface area contributed by atoms with E-state index in [1.54, 1.807) is 0 Å². The van der Waals surface area contributed by atoms with E-state index in [0.717, 1.165) is 50.4 Å². The molecule has 1 aliphatic carbocycles. The first-order valence-electron chi connectivity index (χ1n) is 10.8. The number of nitrogens with one attached hydrogen (secondary N) is 1. The Kier molecular flexibility index (Phi) is 5.32. The fourth-order valence-electron chi connectivity index (χ4n) is 4.84. The first-order chi connectivity index (χ1) is 14.8. The van der Waals surface area contributed by atoms with Crippen LogP contribution in [-0.2, 0) is 17.6 Å². The number of nitrogens with zero attached hydrogens (tertiary/aromatic N) is 4. The quantitative estimate of drug-likeness (QED) is 0.730. The van der Waals surface area contributed by atoms with Crippen molar-refractivity contribution >= 4 is 5.91 Å². The summed E-state index contributed by atoms with van der Waals surface area (Å²) in [5, 5.41) is 11.1. The summed E-state index contributed by atoms with van der Waals surface area (Å²) in [6.07, 6.45) is 2.42. The van der Waals surface area contributed by atoms with Gasteiger partial charge in [-0.3, -0.25) is 9.69 Å². The molecule has 1 fully saturated rings. The minimum atomic E-state index is 0.0354. The van der Waals surface area contributed by atoms with Crippen LogP contribution in [0.1, 0.15) is 35.0 Å². The van der Waals surface area contributed by atoms with Crippen molar-refractivity contribution < 1.29 is 4.79 Å². The highest BCUT2D eigenvalue weighted by Gasteiger charge is 2.33. The number of hydrogen-bond donors (Lipinski definition) is 1. The molecular weight excluding hydrogens is 374 g/mol. The van der Waals surface area contributed by atoms with Crippen LogP contribution < -0.4 is 0 Å². The number of H-pyrrole nitrogens is 1. The summed E-state index contributed by atoms with van der Waals surface area (Å²) in [6.45, 7) is 3.30. The van der Waals surface area contributed by atoms with Gasteiger partial charge in [0.15, 0.2) is 0 Å². The van der Waals surface area contributed by atoms with Crippen LogP contribution in [0.15, 0.2) is 60.7 Å². The molecule has 0 saturated carbocycles. The van der Waals surface area contributed by atoms with Gasteiger partial charge in [-0.1, -0.05) is 60.7 Å². The Morgan fingerprint density at radius 2 is 1.47 bits per heavy atom. The molecular formula is C24H27N5O.